The molecule has 2 nitrogen and oxygen atoms in total. The van der Waals surface area contributed by atoms with Gasteiger partial charge in [-0.1, -0.05) is 17.7 Å². The van der Waals surface area contributed by atoms with E-state index in [9.17, 15) is 5.11 Å². The molecule has 0 bridgehead atoms. The van der Waals surface area contributed by atoms with Gasteiger partial charge in [0.25, 0.3) is 0 Å². The molecule has 0 radical (unpaired) electrons. The summed E-state index contributed by atoms with van der Waals surface area (Å²) in [6, 6.07) is 6.08. The molecule has 0 unspecified atom stereocenters. The lowest BCUT2D eigenvalue weighted by atomic mass is 10.0. The van der Waals surface area contributed by atoms with E-state index >= 15 is 0 Å². The molecule has 0 saturated heterocycles. The molecule has 0 saturated carbocycles. The van der Waals surface area contributed by atoms with Crippen LogP contribution < -0.4 is 4.74 Å². The van der Waals surface area contributed by atoms with Gasteiger partial charge in [0, 0.05) is 12.8 Å². The first-order valence-electron chi connectivity index (χ1n) is 6.95. The molecule has 20 heavy (non-hydrogen) atoms. The normalized spacial score (nSPS) is 11.4. The van der Waals surface area contributed by atoms with Crippen LogP contribution in [-0.2, 0) is 6.42 Å². The Morgan fingerprint density at radius 3 is 2.80 bits per heavy atom. The fourth-order valence-corrected chi connectivity index (χ4v) is 2.10. The second kappa shape index (κ2) is 8.45. The lowest BCUT2D eigenvalue weighted by Gasteiger charge is -2.08. The van der Waals surface area contributed by atoms with Crippen LogP contribution in [0.15, 0.2) is 30.4 Å². The Balaban J connectivity index is 2.44. The first-order valence-corrected chi connectivity index (χ1v) is 6.95. The van der Waals surface area contributed by atoms with E-state index in [1.807, 2.05) is 19.1 Å². The number of ether oxygens (including phenoxy) is 1. The van der Waals surface area contributed by atoms with Crippen LogP contribution in [0, 0.1) is 18.8 Å². The van der Waals surface area contributed by atoms with Crippen LogP contribution >= 0.6 is 0 Å². The van der Waals surface area contributed by atoms with Crippen LogP contribution in [0.4, 0.5) is 0 Å². The number of benzene rings is 1. The third kappa shape index (κ3) is 5.50. The summed E-state index contributed by atoms with van der Waals surface area (Å²) in [4.78, 5) is 0. The largest absolute Gasteiger partial charge is 0.496 e. The van der Waals surface area contributed by atoms with Gasteiger partial charge in [-0.2, -0.15) is 0 Å². The monoisotopic (exact) mass is 272 g/mol. The average Bonchev–Trinajstić information content (AvgIpc) is 2.39. The smallest absolute Gasteiger partial charge is 0.122 e. The van der Waals surface area contributed by atoms with Crippen LogP contribution in [0.25, 0.3) is 0 Å². The van der Waals surface area contributed by atoms with Crippen molar-refractivity contribution in [2.75, 3.05) is 7.11 Å². The van der Waals surface area contributed by atoms with Crippen molar-refractivity contribution in [2.45, 2.75) is 45.6 Å². The maximum Gasteiger partial charge on any atom is 0.122 e. The third-order valence-electron chi connectivity index (χ3n) is 3.18. The fourth-order valence-electron chi connectivity index (χ4n) is 2.10. The quantitative estimate of drug-likeness (QED) is 0.632. The lowest BCUT2D eigenvalue weighted by molar-refractivity contribution is 0.180. The number of rotatable bonds is 6. The van der Waals surface area contributed by atoms with Crippen LogP contribution in [0.1, 0.15) is 37.3 Å². The first kappa shape index (κ1) is 16.3. The standard InChI is InChI=1S/C18H24O2/c1-14(2)13-17(19)11-7-5-6-9-16-10-8-12-18(20-4)15(16)3/h8,10,12,17,19H,1,6,9,11,13H2,2-4H3/t17-/m0/s1. The molecule has 0 aliphatic rings. The van der Waals surface area contributed by atoms with Gasteiger partial charge in [-0.3, -0.25) is 0 Å². The van der Waals surface area contributed by atoms with Gasteiger partial charge in [-0.25, -0.2) is 0 Å². The highest BCUT2D eigenvalue weighted by atomic mass is 16.5. The molecule has 1 rings (SSSR count). The number of aryl methyl sites for hydroxylation is 1. The van der Waals surface area contributed by atoms with E-state index in [1.54, 1.807) is 7.11 Å². The number of hydrogen-bond acceptors (Lipinski definition) is 2. The van der Waals surface area contributed by atoms with Crippen molar-refractivity contribution in [3.05, 3.63) is 41.5 Å². The SMILES string of the molecule is C=C(C)C[C@@H](O)CC#CCCc1cccc(OC)c1C. The van der Waals surface area contributed by atoms with E-state index in [0.717, 1.165) is 24.2 Å². The first-order chi connectivity index (χ1) is 9.54. The van der Waals surface area contributed by atoms with Crippen LogP contribution in [0.5, 0.6) is 5.75 Å². The zero-order valence-electron chi connectivity index (χ0n) is 12.7. The summed E-state index contributed by atoms with van der Waals surface area (Å²) in [5.74, 6) is 7.08. The number of aliphatic hydroxyl groups is 1. The highest BCUT2D eigenvalue weighted by molar-refractivity contribution is 5.39. The van der Waals surface area contributed by atoms with Gasteiger partial charge < -0.3 is 9.84 Å². The van der Waals surface area contributed by atoms with Gasteiger partial charge in [0.1, 0.15) is 5.75 Å². The van der Waals surface area contributed by atoms with Crippen LogP contribution in [0.3, 0.4) is 0 Å². The summed E-state index contributed by atoms with van der Waals surface area (Å²) < 4.78 is 5.30. The Hall–Kier alpha value is -1.72. The number of aliphatic hydroxyl groups excluding tert-OH is 1. The third-order valence-corrected chi connectivity index (χ3v) is 3.18. The van der Waals surface area contributed by atoms with Crippen LogP contribution in [0.2, 0.25) is 0 Å². The van der Waals surface area contributed by atoms with E-state index in [0.29, 0.717) is 12.8 Å². The van der Waals surface area contributed by atoms with Crippen molar-refractivity contribution in [3.63, 3.8) is 0 Å². The Bertz CT molecular complexity index is 506. The summed E-state index contributed by atoms with van der Waals surface area (Å²) in [5.41, 5.74) is 3.44. The summed E-state index contributed by atoms with van der Waals surface area (Å²) in [6.45, 7) is 7.77. The molecule has 0 aromatic heterocycles. The van der Waals surface area contributed by atoms with E-state index in [-0.39, 0.29) is 0 Å². The molecule has 0 fully saturated rings. The summed E-state index contributed by atoms with van der Waals surface area (Å²) >= 11 is 0. The fraction of sp³-hybridized carbons (Fsp3) is 0.444. The molecule has 0 heterocycles. The summed E-state index contributed by atoms with van der Waals surface area (Å²) in [7, 11) is 1.69. The van der Waals surface area contributed by atoms with E-state index in [1.165, 1.54) is 11.1 Å². The predicted molar refractivity (Wildman–Crippen MR) is 83.9 cm³/mol. The molecular formula is C18H24O2. The topological polar surface area (TPSA) is 29.5 Å². The summed E-state index contributed by atoms with van der Waals surface area (Å²) in [5, 5.41) is 9.67. The van der Waals surface area contributed by atoms with Gasteiger partial charge in [-0.15, -0.1) is 18.4 Å². The van der Waals surface area contributed by atoms with Gasteiger partial charge in [0.2, 0.25) is 0 Å². The maximum atomic E-state index is 9.67. The van der Waals surface area contributed by atoms with Crippen LogP contribution in [-0.4, -0.2) is 18.3 Å². The van der Waals surface area contributed by atoms with E-state index in [2.05, 4.69) is 31.4 Å². The van der Waals surface area contributed by atoms with Gasteiger partial charge in [0.05, 0.1) is 13.2 Å². The van der Waals surface area contributed by atoms with E-state index in [4.69, 9.17) is 4.74 Å². The molecule has 0 spiro atoms. The molecule has 0 aliphatic carbocycles. The van der Waals surface area contributed by atoms with Gasteiger partial charge in [-0.05, 0) is 43.9 Å². The molecule has 0 amide bonds. The minimum Gasteiger partial charge on any atom is -0.496 e. The summed E-state index contributed by atoms with van der Waals surface area (Å²) in [6.07, 6.45) is 2.46. The van der Waals surface area contributed by atoms with Crippen molar-refractivity contribution in [1.82, 2.24) is 0 Å². The predicted octanol–water partition coefficient (Wildman–Crippen LogP) is 3.66. The maximum absolute atomic E-state index is 9.67. The Morgan fingerprint density at radius 2 is 2.15 bits per heavy atom. The second-order valence-electron chi connectivity index (χ2n) is 5.12. The molecule has 0 aliphatic heterocycles. The molecular weight excluding hydrogens is 248 g/mol. The molecule has 1 aromatic carbocycles. The van der Waals surface area contributed by atoms with Crippen molar-refractivity contribution in [2.24, 2.45) is 0 Å². The number of methoxy groups -OCH3 is 1. The van der Waals surface area contributed by atoms with Crippen molar-refractivity contribution >= 4 is 0 Å². The Labute approximate surface area is 122 Å². The van der Waals surface area contributed by atoms with Gasteiger partial charge in [0.15, 0.2) is 0 Å². The number of hydrogen-bond donors (Lipinski definition) is 1. The van der Waals surface area contributed by atoms with Crippen molar-refractivity contribution in [1.29, 1.82) is 0 Å². The molecule has 1 aromatic rings. The molecule has 1 N–H and O–H groups in total. The zero-order chi connectivity index (χ0) is 15.0. The zero-order valence-corrected chi connectivity index (χ0v) is 12.7. The minimum absolute atomic E-state index is 0.390. The second-order valence-corrected chi connectivity index (χ2v) is 5.12. The molecule has 108 valence electrons. The van der Waals surface area contributed by atoms with E-state index < -0.39 is 6.10 Å². The highest BCUT2D eigenvalue weighted by Crippen LogP contribution is 2.21. The van der Waals surface area contributed by atoms with Gasteiger partial charge >= 0.3 is 0 Å². The molecule has 2 heteroatoms. The Morgan fingerprint density at radius 1 is 1.40 bits per heavy atom. The lowest BCUT2D eigenvalue weighted by Crippen LogP contribution is -2.04. The van der Waals surface area contributed by atoms with Crippen molar-refractivity contribution in [3.8, 4) is 17.6 Å². The average molecular weight is 272 g/mol. The minimum atomic E-state index is -0.390. The molecule has 1 atom stereocenters. The Kier molecular flexibility index (Phi) is 6.90. The highest BCUT2D eigenvalue weighted by Gasteiger charge is 2.03. The van der Waals surface area contributed by atoms with Crippen molar-refractivity contribution < 1.29 is 9.84 Å².